The molecule has 0 spiro atoms. The Labute approximate surface area is 138 Å². The van der Waals surface area contributed by atoms with Gasteiger partial charge in [0.05, 0.1) is 5.92 Å². The third-order valence-electron chi connectivity index (χ3n) is 4.31. The third-order valence-corrected chi connectivity index (χ3v) is 5.20. The second-order valence-electron chi connectivity index (χ2n) is 5.73. The number of aromatic nitrogens is 1. The highest BCUT2D eigenvalue weighted by Gasteiger charge is 2.36. The summed E-state index contributed by atoms with van der Waals surface area (Å²) in [5.41, 5.74) is 1.37. The lowest BCUT2D eigenvalue weighted by Gasteiger charge is -2.37. The number of amides is 1. The van der Waals surface area contributed by atoms with Crippen molar-refractivity contribution in [2.45, 2.75) is 25.8 Å². The molecule has 2 atom stereocenters. The molecule has 1 aliphatic heterocycles. The van der Waals surface area contributed by atoms with Gasteiger partial charge in [0.15, 0.2) is 0 Å². The van der Waals surface area contributed by atoms with Crippen molar-refractivity contribution in [2.75, 3.05) is 6.54 Å². The predicted molar refractivity (Wildman–Crippen MR) is 88.4 cm³/mol. The van der Waals surface area contributed by atoms with Crippen LogP contribution in [0.5, 0.6) is 0 Å². The first-order chi connectivity index (χ1) is 11.1. The van der Waals surface area contributed by atoms with Crippen molar-refractivity contribution in [1.82, 2.24) is 9.88 Å². The Balaban J connectivity index is 1.81. The fourth-order valence-electron chi connectivity index (χ4n) is 2.99. The zero-order chi connectivity index (χ0) is 16.4. The Bertz CT molecular complexity index is 714. The van der Waals surface area contributed by atoms with E-state index in [-0.39, 0.29) is 11.9 Å². The monoisotopic (exact) mass is 330 g/mol. The average molecular weight is 330 g/mol. The molecule has 0 aliphatic carbocycles. The SMILES string of the molecule is C[C@@H]1[C@H](C(=O)O)CCCN1C(=O)c1csc(-c2ccccc2)n1. The Morgan fingerprint density at radius 3 is 2.74 bits per heavy atom. The number of nitrogens with zero attached hydrogens (tertiary/aromatic N) is 2. The molecule has 2 aromatic rings. The van der Waals surface area contributed by atoms with Gasteiger partial charge in [0.1, 0.15) is 10.7 Å². The van der Waals surface area contributed by atoms with Crippen LogP contribution in [0.25, 0.3) is 10.6 Å². The number of carboxylic acids is 1. The second kappa shape index (κ2) is 6.50. The van der Waals surface area contributed by atoms with Gasteiger partial charge in [0, 0.05) is 23.5 Å². The molecule has 0 unspecified atom stereocenters. The van der Waals surface area contributed by atoms with Gasteiger partial charge in [-0.3, -0.25) is 9.59 Å². The Hall–Kier alpha value is -2.21. The maximum Gasteiger partial charge on any atom is 0.308 e. The molecule has 0 radical (unpaired) electrons. The van der Waals surface area contributed by atoms with Crippen LogP contribution in [0.3, 0.4) is 0 Å². The zero-order valence-electron chi connectivity index (χ0n) is 12.8. The summed E-state index contributed by atoms with van der Waals surface area (Å²) in [6.45, 7) is 2.39. The fraction of sp³-hybridized carbons (Fsp3) is 0.353. The van der Waals surface area contributed by atoms with Gasteiger partial charge in [0.2, 0.25) is 0 Å². The lowest BCUT2D eigenvalue weighted by Crippen LogP contribution is -2.49. The molecule has 120 valence electrons. The van der Waals surface area contributed by atoms with E-state index in [1.807, 2.05) is 30.3 Å². The smallest absolute Gasteiger partial charge is 0.308 e. The van der Waals surface area contributed by atoms with Gasteiger partial charge >= 0.3 is 5.97 Å². The first-order valence-corrected chi connectivity index (χ1v) is 8.50. The molecule has 0 bridgehead atoms. The summed E-state index contributed by atoms with van der Waals surface area (Å²) in [4.78, 5) is 30.1. The maximum absolute atomic E-state index is 12.7. The van der Waals surface area contributed by atoms with E-state index in [0.717, 1.165) is 10.6 Å². The summed E-state index contributed by atoms with van der Waals surface area (Å²) in [6.07, 6.45) is 1.33. The Morgan fingerprint density at radius 1 is 1.30 bits per heavy atom. The van der Waals surface area contributed by atoms with E-state index in [9.17, 15) is 14.7 Å². The molecule has 1 fully saturated rings. The van der Waals surface area contributed by atoms with Gasteiger partial charge in [-0.25, -0.2) is 4.98 Å². The molecule has 23 heavy (non-hydrogen) atoms. The zero-order valence-corrected chi connectivity index (χ0v) is 13.6. The van der Waals surface area contributed by atoms with Crippen LogP contribution in [-0.4, -0.2) is 39.5 Å². The molecule has 1 aromatic heterocycles. The molecule has 2 heterocycles. The number of rotatable bonds is 3. The quantitative estimate of drug-likeness (QED) is 0.938. The van der Waals surface area contributed by atoms with Crippen LogP contribution in [0, 0.1) is 5.92 Å². The highest BCUT2D eigenvalue weighted by atomic mass is 32.1. The van der Waals surface area contributed by atoms with Gasteiger partial charge in [-0.05, 0) is 19.8 Å². The lowest BCUT2D eigenvalue weighted by atomic mass is 9.90. The molecule has 1 aromatic carbocycles. The number of carbonyl (C=O) groups is 2. The molecule has 3 rings (SSSR count). The van der Waals surface area contributed by atoms with Crippen LogP contribution >= 0.6 is 11.3 Å². The molecular formula is C17H18N2O3S. The number of aliphatic carboxylic acids is 1. The molecule has 5 nitrogen and oxygen atoms in total. The van der Waals surface area contributed by atoms with Crippen molar-refractivity contribution >= 4 is 23.2 Å². The largest absolute Gasteiger partial charge is 0.481 e. The number of carbonyl (C=O) groups excluding carboxylic acids is 1. The van der Waals surface area contributed by atoms with E-state index >= 15 is 0 Å². The van der Waals surface area contributed by atoms with Crippen LogP contribution in [-0.2, 0) is 4.79 Å². The summed E-state index contributed by atoms with van der Waals surface area (Å²) in [7, 11) is 0. The van der Waals surface area contributed by atoms with Gasteiger partial charge in [-0.1, -0.05) is 30.3 Å². The molecule has 1 amide bonds. The minimum atomic E-state index is -0.835. The predicted octanol–water partition coefficient (Wildman–Crippen LogP) is 3.14. The Morgan fingerprint density at radius 2 is 2.04 bits per heavy atom. The molecule has 1 aliphatic rings. The number of likely N-dealkylation sites (tertiary alicyclic amines) is 1. The van der Waals surface area contributed by atoms with Crippen molar-refractivity contribution in [3.8, 4) is 10.6 Å². The number of hydrogen-bond donors (Lipinski definition) is 1. The molecule has 0 saturated carbocycles. The summed E-state index contributed by atoms with van der Waals surface area (Å²) in [5.74, 6) is -1.51. The summed E-state index contributed by atoms with van der Waals surface area (Å²) >= 11 is 1.43. The first kappa shape index (κ1) is 15.7. The van der Waals surface area contributed by atoms with Crippen LogP contribution in [0.4, 0.5) is 0 Å². The minimum absolute atomic E-state index is 0.179. The van der Waals surface area contributed by atoms with E-state index in [2.05, 4.69) is 4.98 Å². The van der Waals surface area contributed by atoms with Crippen molar-refractivity contribution in [3.05, 3.63) is 41.4 Å². The van der Waals surface area contributed by atoms with Gasteiger partial charge in [-0.15, -0.1) is 11.3 Å². The average Bonchev–Trinajstić information content (AvgIpc) is 3.05. The summed E-state index contributed by atoms with van der Waals surface area (Å²) < 4.78 is 0. The minimum Gasteiger partial charge on any atom is -0.481 e. The van der Waals surface area contributed by atoms with Gasteiger partial charge in [0.25, 0.3) is 5.91 Å². The van der Waals surface area contributed by atoms with Crippen molar-refractivity contribution < 1.29 is 14.7 Å². The van der Waals surface area contributed by atoms with E-state index in [1.54, 1.807) is 17.2 Å². The normalized spacial score (nSPS) is 21.2. The van der Waals surface area contributed by atoms with E-state index in [0.29, 0.717) is 25.1 Å². The highest BCUT2D eigenvalue weighted by Crippen LogP contribution is 2.28. The Kier molecular flexibility index (Phi) is 4.43. The van der Waals surface area contributed by atoms with Crippen LogP contribution in [0.1, 0.15) is 30.3 Å². The third kappa shape index (κ3) is 3.12. The van der Waals surface area contributed by atoms with Gasteiger partial charge in [-0.2, -0.15) is 0 Å². The lowest BCUT2D eigenvalue weighted by molar-refractivity contribution is -0.144. The number of piperidine rings is 1. The van der Waals surface area contributed by atoms with Crippen LogP contribution < -0.4 is 0 Å². The van der Waals surface area contributed by atoms with Crippen molar-refractivity contribution in [1.29, 1.82) is 0 Å². The molecule has 1 saturated heterocycles. The molecular weight excluding hydrogens is 312 g/mol. The first-order valence-electron chi connectivity index (χ1n) is 7.62. The number of benzene rings is 1. The van der Waals surface area contributed by atoms with E-state index < -0.39 is 11.9 Å². The standard InChI is InChI=1S/C17H18N2O3S/c1-11-13(17(21)22)8-5-9-19(11)16(20)14-10-23-15(18-14)12-6-3-2-4-7-12/h2-4,6-7,10-11,13H,5,8-9H2,1H3,(H,21,22)/t11-,13-/m1/s1. The number of hydrogen-bond acceptors (Lipinski definition) is 4. The summed E-state index contributed by atoms with van der Waals surface area (Å²) in [6, 6.07) is 9.40. The highest BCUT2D eigenvalue weighted by molar-refractivity contribution is 7.13. The summed E-state index contributed by atoms with van der Waals surface area (Å²) in [5, 5.41) is 11.8. The van der Waals surface area contributed by atoms with E-state index in [1.165, 1.54) is 11.3 Å². The maximum atomic E-state index is 12.7. The number of thiazole rings is 1. The van der Waals surface area contributed by atoms with Crippen LogP contribution in [0.15, 0.2) is 35.7 Å². The van der Waals surface area contributed by atoms with Gasteiger partial charge < -0.3 is 10.0 Å². The van der Waals surface area contributed by atoms with Crippen molar-refractivity contribution in [3.63, 3.8) is 0 Å². The van der Waals surface area contributed by atoms with Crippen LogP contribution in [0.2, 0.25) is 0 Å². The second-order valence-corrected chi connectivity index (χ2v) is 6.59. The van der Waals surface area contributed by atoms with Crippen molar-refractivity contribution in [2.24, 2.45) is 5.92 Å². The van der Waals surface area contributed by atoms with E-state index in [4.69, 9.17) is 0 Å². The molecule has 1 N–H and O–H groups in total. The molecule has 6 heteroatoms. The number of carboxylic acid groups (broad SMARTS) is 1. The topological polar surface area (TPSA) is 70.5 Å². The fourth-order valence-corrected chi connectivity index (χ4v) is 3.79.